The van der Waals surface area contributed by atoms with Gasteiger partial charge in [-0.15, -0.1) is 11.3 Å². The van der Waals surface area contributed by atoms with Gasteiger partial charge in [-0.1, -0.05) is 0 Å². The molecule has 0 saturated carbocycles. The fourth-order valence-corrected chi connectivity index (χ4v) is 2.45. The summed E-state index contributed by atoms with van der Waals surface area (Å²) in [5.41, 5.74) is 0. The van der Waals surface area contributed by atoms with Crippen LogP contribution in [0.2, 0.25) is 0 Å². The van der Waals surface area contributed by atoms with Gasteiger partial charge in [-0.3, -0.25) is 9.59 Å². The second-order valence-electron chi connectivity index (χ2n) is 2.98. The van der Waals surface area contributed by atoms with Gasteiger partial charge in [0, 0.05) is 19.4 Å². The zero-order chi connectivity index (χ0) is 11.3. The van der Waals surface area contributed by atoms with E-state index in [4.69, 9.17) is 0 Å². The molecule has 1 amide bonds. The number of hydrogen-bond donors (Lipinski definition) is 1. The van der Waals surface area contributed by atoms with E-state index in [0.29, 0.717) is 11.4 Å². The highest BCUT2D eigenvalue weighted by Crippen LogP contribution is 2.23. The van der Waals surface area contributed by atoms with Crippen molar-refractivity contribution in [1.82, 2.24) is 5.32 Å². The van der Waals surface area contributed by atoms with E-state index in [2.05, 4.69) is 21.2 Å². The van der Waals surface area contributed by atoms with E-state index in [1.807, 2.05) is 13.0 Å². The summed E-state index contributed by atoms with van der Waals surface area (Å²) >= 11 is 4.69. The summed E-state index contributed by atoms with van der Waals surface area (Å²) in [6, 6.07) is 3.61. The number of halogens is 1. The van der Waals surface area contributed by atoms with E-state index < -0.39 is 0 Å². The highest BCUT2D eigenvalue weighted by atomic mass is 79.9. The minimum absolute atomic E-state index is 0.0250. The molecule has 0 saturated heterocycles. The van der Waals surface area contributed by atoms with Gasteiger partial charge in [-0.25, -0.2) is 0 Å². The van der Waals surface area contributed by atoms with Gasteiger partial charge in [0.2, 0.25) is 5.91 Å². The quantitative estimate of drug-likeness (QED) is 0.847. The van der Waals surface area contributed by atoms with Crippen molar-refractivity contribution in [3.05, 3.63) is 20.8 Å². The van der Waals surface area contributed by atoms with E-state index in [1.165, 1.54) is 11.3 Å². The molecule has 5 heteroatoms. The molecule has 1 aromatic heterocycles. The van der Waals surface area contributed by atoms with Crippen LogP contribution in [-0.2, 0) is 4.79 Å². The lowest BCUT2D eigenvalue weighted by atomic mass is 10.2. The van der Waals surface area contributed by atoms with Crippen LogP contribution < -0.4 is 5.32 Å². The lowest BCUT2D eigenvalue weighted by Gasteiger charge is -2.00. The molecule has 0 radical (unpaired) electrons. The fraction of sp³-hybridized carbons (Fsp3) is 0.400. The van der Waals surface area contributed by atoms with Crippen molar-refractivity contribution < 1.29 is 9.59 Å². The molecule has 1 rings (SSSR count). The van der Waals surface area contributed by atoms with Crippen molar-refractivity contribution in [2.75, 3.05) is 6.54 Å². The Morgan fingerprint density at radius 3 is 2.67 bits per heavy atom. The average molecular weight is 290 g/mol. The molecule has 0 fully saturated rings. The zero-order valence-electron chi connectivity index (χ0n) is 8.38. The maximum absolute atomic E-state index is 11.6. The summed E-state index contributed by atoms with van der Waals surface area (Å²) in [5.74, 6) is -0.0431. The van der Waals surface area contributed by atoms with Crippen LogP contribution in [0.25, 0.3) is 0 Å². The maximum Gasteiger partial charge on any atom is 0.220 e. The molecular formula is C10H12BrNO2S. The van der Waals surface area contributed by atoms with Crippen molar-refractivity contribution in [2.24, 2.45) is 0 Å². The van der Waals surface area contributed by atoms with Crippen LogP contribution in [0, 0.1) is 0 Å². The van der Waals surface area contributed by atoms with Crippen molar-refractivity contribution in [3.8, 4) is 0 Å². The second kappa shape index (κ2) is 6.02. The lowest BCUT2D eigenvalue weighted by molar-refractivity contribution is -0.120. The number of carbonyl (C=O) groups excluding carboxylic acids is 2. The number of amides is 1. The first-order valence-electron chi connectivity index (χ1n) is 4.68. The molecule has 0 aliphatic heterocycles. The number of Topliss-reactive ketones (excluding diaryl/α,β-unsaturated/α-hetero) is 1. The molecule has 15 heavy (non-hydrogen) atoms. The van der Waals surface area contributed by atoms with Gasteiger partial charge in [0.05, 0.1) is 8.66 Å². The predicted octanol–water partition coefficient (Wildman–Crippen LogP) is 2.61. The molecule has 3 nitrogen and oxygen atoms in total. The Balaban J connectivity index is 2.40. The van der Waals surface area contributed by atoms with Crippen LogP contribution in [-0.4, -0.2) is 18.2 Å². The molecule has 0 aromatic carbocycles. The summed E-state index contributed by atoms with van der Waals surface area (Å²) in [6.07, 6.45) is 0.543. The maximum atomic E-state index is 11.6. The minimum Gasteiger partial charge on any atom is -0.356 e. The highest BCUT2D eigenvalue weighted by molar-refractivity contribution is 9.11. The Hall–Kier alpha value is -0.680. The van der Waals surface area contributed by atoms with E-state index >= 15 is 0 Å². The Morgan fingerprint density at radius 1 is 1.40 bits per heavy atom. The van der Waals surface area contributed by atoms with E-state index in [9.17, 15) is 9.59 Å². The number of thiophene rings is 1. The van der Waals surface area contributed by atoms with Crippen LogP contribution in [0.5, 0.6) is 0 Å². The number of carbonyl (C=O) groups is 2. The van der Waals surface area contributed by atoms with Gasteiger partial charge < -0.3 is 5.32 Å². The largest absolute Gasteiger partial charge is 0.356 e. The molecule has 0 bridgehead atoms. The van der Waals surface area contributed by atoms with Crippen molar-refractivity contribution >= 4 is 39.0 Å². The molecule has 1 aromatic rings. The summed E-state index contributed by atoms with van der Waals surface area (Å²) in [7, 11) is 0. The normalized spacial score (nSPS) is 10.0. The molecular weight excluding hydrogens is 278 g/mol. The summed E-state index contributed by atoms with van der Waals surface area (Å²) < 4.78 is 0.934. The van der Waals surface area contributed by atoms with Gasteiger partial charge in [-0.2, -0.15) is 0 Å². The van der Waals surface area contributed by atoms with E-state index in [-0.39, 0.29) is 24.5 Å². The lowest BCUT2D eigenvalue weighted by Crippen LogP contribution is -2.22. The smallest absolute Gasteiger partial charge is 0.220 e. The molecule has 82 valence electrons. The third-order valence-corrected chi connectivity index (χ3v) is 3.47. The molecule has 0 aliphatic carbocycles. The van der Waals surface area contributed by atoms with Gasteiger partial charge in [0.1, 0.15) is 0 Å². The SMILES string of the molecule is CCNC(=O)CCC(=O)c1ccc(Br)s1. The number of ketones is 1. The zero-order valence-corrected chi connectivity index (χ0v) is 10.8. The Kier molecular flexibility index (Phi) is 4.98. The summed E-state index contributed by atoms with van der Waals surface area (Å²) in [4.78, 5) is 23.4. The predicted molar refractivity (Wildman–Crippen MR) is 64.3 cm³/mol. The van der Waals surface area contributed by atoms with Gasteiger partial charge >= 0.3 is 0 Å². The summed E-state index contributed by atoms with van der Waals surface area (Å²) in [6.45, 7) is 2.47. The van der Waals surface area contributed by atoms with Crippen molar-refractivity contribution in [2.45, 2.75) is 19.8 Å². The highest BCUT2D eigenvalue weighted by Gasteiger charge is 2.10. The van der Waals surface area contributed by atoms with Crippen molar-refractivity contribution in [1.29, 1.82) is 0 Å². The topological polar surface area (TPSA) is 46.2 Å². The number of rotatable bonds is 5. The Morgan fingerprint density at radius 2 is 2.13 bits per heavy atom. The summed E-state index contributed by atoms with van der Waals surface area (Å²) in [5, 5.41) is 2.66. The number of hydrogen-bond acceptors (Lipinski definition) is 3. The second-order valence-corrected chi connectivity index (χ2v) is 5.44. The third-order valence-electron chi connectivity index (χ3n) is 1.80. The molecule has 0 aliphatic rings. The first-order valence-corrected chi connectivity index (χ1v) is 6.29. The molecule has 0 unspecified atom stereocenters. The third kappa shape index (κ3) is 4.13. The van der Waals surface area contributed by atoms with Crippen LogP contribution in [0.3, 0.4) is 0 Å². The minimum atomic E-state index is -0.0681. The average Bonchev–Trinajstić information content (AvgIpc) is 2.62. The molecule has 1 N–H and O–H groups in total. The van der Waals surface area contributed by atoms with Crippen LogP contribution in [0.4, 0.5) is 0 Å². The van der Waals surface area contributed by atoms with Crippen LogP contribution >= 0.6 is 27.3 Å². The molecule has 0 spiro atoms. The first kappa shape index (κ1) is 12.4. The molecule has 0 atom stereocenters. The van der Waals surface area contributed by atoms with Gasteiger partial charge in [-0.05, 0) is 35.0 Å². The first-order chi connectivity index (χ1) is 7.13. The molecule has 1 heterocycles. The van der Waals surface area contributed by atoms with E-state index in [0.717, 1.165) is 3.79 Å². The fourth-order valence-electron chi connectivity index (χ4n) is 1.10. The monoisotopic (exact) mass is 289 g/mol. The Labute approximate surface area is 101 Å². The van der Waals surface area contributed by atoms with E-state index in [1.54, 1.807) is 6.07 Å². The number of nitrogens with one attached hydrogen (secondary N) is 1. The van der Waals surface area contributed by atoms with Crippen LogP contribution in [0.15, 0.2) is 15.9 Å². The van der Waals surface area contributed by atoms with Crippen LogP contribution in [0.1, 0.15) is 29.4 Å². The van der Waals surface area contributed by atoms with Crippen molar-refractivity contribution in [3.63, 3.8) is 0 Å². The standard InChI is InChI=1S/C10H12BrNO2S/c1-2-12-10(14)6-3-7(13)8-4-5-9(11)15-8/h4-5H,2-3,6H2,1H3,(H,12,14). The Bertz CT molecular complexity index is 362. The van der Waals surface area contributed by atoms with Gasteiger partial charge in [0.15, 0.2) is 5.78 Å². The van der Waals surface area contributed by atoms with Gasteiger partial charge in [0.25, 0.3) is 0 Å².